The first kappa shape index (κ1) is 18.8. The summed E-state index contributed by atoms with van der Waals surface area (Å²) in [6, 6.07) is 1.74. The second kappa shape index (κ2) is 12.4. The van der Waals surface area contributed by atoms with Crippen molar-refractivity contribution in [3.05, 3.63) is 0 Å². The molecule has 2 rings (SSSR count). The van der Waals surface area contributed by atoms with Gasteiger partial charge in [-0.1, -0.05) is 38.5 Å². The van der Waals surface area contributed by atoms with Gasteiger partial charge >= 0.3 is 0 Å². The van der Waals surface area contributed by atoms with Gasteiger partial charge < -0.3 is 20.6 Å². The largest absolute Gasteiger partial charge is 0.395 e. The summed E-state index contributed by atoms with van der Waals surface area (Å²) in [5.41, 5.74) is 0. The van der Waals surface area contributed by atoms with Crippen molar-refractivity contribution < 1.29 is 15.3 Å². The van der Waals surface area contributed by atoms with E-state index in [9.17, 15) is 0 Å². The van der Waals surface area contributed by atoms with Crippen LogP contribution in [0.25, 0.3) is 0 Å². The molecule has 0 bridgehead atoms. The molecule has 0 spiro atoms. The SMILES string of the molecule is C1CCC(NC2CCCCC2)CC1.OCCN(CO)CO. The Bertz CT molecular complexity index is 210. The number of hydrogen-bond acceptors (Lipinski definition) is 5. The molecule has 126 valence electrons. The van der Waals surface area contributed by atoms with E-state index in [0.29, 0.717) is 6.54 Å². The van der Waals surface area contributed by atoms with Crippen LogP contribution in [0.4, 0.5) is 0 Å². The van der Waals surface area contributed by atoms with E-state index in [1.165, 1.54) is 69.1 Å². The van der Waals surface area contributed by atoms with Crippen LogP contribution >= 0.6 is 0 Å². The topological polar surface area (TPSA) is 76.0 Å². The highest BCUT2D eigenvalue weighted by Crippen LogP contribution is 2.22. The molecule has 5 heteroatoms. The lowest BCUT2D eigenvalue weighted by Crippen LogP contribution is -2.40. The molecule has 0 heterocycles. The minimum absolute atomic E-state index is 0.0406. The molecule has 5 nitrogen and oxygen atoms in total. The first-order chi connectivity index (χ1) is 10.3. The number of hydrogen-bond donors (Lipinski definition) is 4. The highest BCUT2D eigenvalue weighted by molar-refractivity contribution is 4.79. The first-order valence-corrected chi connectivity index (χ1v) is 8.61. The smallest absolute Gasteiger partial charge is 0.0975 e. The van der Waals surface area contributed by atoms with Crippen LogP contribution in [0.2, 0.25) is 0 Å². The lowest BCUT2D eigenvalue weighted by atomic mass is 9.91. The van der Waals surface area contributed by atoms with Gasteiger partial charge in [0, 0.05) is 18.6 Å². The van der Waals surface area contributed by atoms with Gasteiger partial charge in [0.25, 0.3) is 0 Å². The Morgan fingerprint density at radius 3 is 1.43 bits per heavy atom. The quantitative estimate of drug-likeness (QED) is 0.558. The van der Waals surface area contributed by atoms with Crippen molar-refractivity contribution in [1.82, 2.24) is 10.2 Å². The average Bonchev–Trinajstić information content (AvgIpc) is 2.55. The summed E-state index contributed by atoms with van der Waals surface area (Å²) >= 11 is 0. The third-order valence-electron chi connectivity index (χ3n) is 4.50. The zero-order valence-corrected chi connectivity index (χ0v) is 13.3. The second-order valence-electron chi connectivity index (χ2n) is 6.24. The van der Waals surface area contributed by atoms with Crippen LogP contribution in [0.15, 0.2) is 0 Å². The van der Waals surface area contributed by atoms with Crippen LogP contribution in [-0.2, 0) is 0 Å². The van der Waals surface area contributed by atoms with Crippen LogP contribution in [0.3, 0.4) is 0 Å². The number of nitrogens with zero attached hydrogens (tertiary/aromatic N) is 1. The van der Waals surface area contributed by atoms with E-state index in [1.807, 2.05) is 0 Å². The van der Waals surface area contributed by atoms with E-state index in [0.717, 1.165) is 12.1 Å². The summed E-state index contributed by atoms with van der Waals surface area (Å²) in [7, 11) is 0. The minimum atomic E-state index is -0.211. The Morgan fingerprint density at radius 1 is 0.714 bits per heavy atom. The van der Waals surface area contributed by atoms with Crippen molar-refractivity contribution in [2.24, 2.45) is 0 Å². The van der Waals surface area contributed by atoms with Crippen molar-refractivity contribution in [1.29, 1.82) is 0 Å². The molecule has 21 heavy (non-hydrogen) atoms. The minimum Gasteiger partial charge on any atom is -0.395 e. The fraction of sp³-hybridized carbons (Fsp3) is 1.00. The molecule has 2 saturated carbocycles. The van der Waals surface area contributed by atoms with Crippen LogP contribution in [0.1, 0.15) is 64.2 Å². The zero-order chi connectivity index (χ0) is 15.3. The molecule has 0 aromatic heterocycles. The van der Waals surface area contributed by atoms with Gasteiger partial charge in [0.1, 0.15) is 0 Å². The maximum absolute atomic E-state index is 8.31. The van der Waals surface area contributed by atoms with Gasteiger partial charge in [-0.2, -0.15) is 0 Å². The summed E-state index contributed by atoms with van der Waals surface area (Å²) in [5.74, 6) is 0. The van der Waals surface area contributed by atoms with Gasteiger partial charge in [-0.15, -0.1) is 0 Å². The number of aliphatic hydroxyl groups excluding tert-OH is 3. The molecule has 0 amide bonds. The van der Waals surface area contributed by atoms with E-state index in [1.54, 1.807) is 0 Å². The third kappa shape index (κ3) is 8.73. The molecule has 4 N–H and O–H groups in total. The molecule has 0 radical (unpaired) electrons. The molecular formula is C16H34N2O3. The van der Waals surface area contributed by atoms with E-state index in [4.69, 9.17) is 15.3 Å². The van der Waals surface area contributed by atoms with Gasteiger partial charge in [0.2, 0.25) is 0 Å². The summed E-state index contributed by atoms with van der Waals surface area (Å²) < 4.78 is 0. The summed E-state index contributed by atoms with van der Waals surface area (Å²) in [6.45, 7) is -0.151. The van der Waals surface area contributed by atoms with Gasteiger partial charge in [-0.25, -0.2) is 0 Å². The Kier molecular flexibility index (Phi) is 11.1. The number of rotatable bonds is 6. The van der Waals surface area contributed by atoms with Crippen molar-refractivity contribution in [3.63, 3.8) is 0 Å². The van der Waals surface area contributed by atoms with Gasteiger partial charge in [-0.3, -0.25) is 4.90 Å². The standard InChI is InChI=1S/C12H23N.C4H11NO3/c1-3-7-11(8-4-1)13-12-9-5-2-6-10-12;6-2-1-5(3-7)4-8/h11-13H,1-10H2;6-8H,1-4H2. The van der Waals surface area contributed by atoms with E-state index in [2.05, 4.69) is 5.32 Å². The summed E-state index contributed by atoms with van der Waals surface area (Å²) in [6.07, 6.45) is 14.6. The highest BCUT2D eigenvalue weighted by atomic mass is 16.3. The molecule has 0 unspecified atom stereocenters. The predicted molar refractivity (Wildman–Crippen MR) is 84.8 cm³/mol. The Hall–Kier alpha value is -0.200. The first-order valence-electron chi connectivity index (χ1n) is 8.61. The van der Waals surface area contributed by atoms with Crippen molar-refractivity contribution >= 4 is 0 Å². The average molecular weight is 302 g/mol. The van der Waals surface area contributed by atoms with E-state index < -0.39 is 0 Å². The van der Waals surface area contributed by atoms with Crippen LogP contribution in [0.5, 0.6) is 0 Å². The molecule has 0 aliphatic heterocycles. The molecule has 0 aromatic carbocycles. The molecule has 2 aliphatic rings. The van der Waals surface area contributed by atoms with Crippen molar-refractivity contribution in [2.45, 2.75) is 76.3 Å². The fourth-order valence-electron chi connectivity index (χ4n) is 3.20. The maximum Gasteiger partial charge on any atom is 0.0975 e. The number of nitrogens with one attached hydrogen (secondary N) is 1. The van der Waals surface area contributed by atoms with Crippen molar-refractivity contribution in [2.75, 3.05) is 26.6 Å². The summed E-state index contributed by atoms with van der Waals surface area (Å²) in [4.78, 5) is 1.29. The lowest BCUT2D eigenvalue weighted by Gasteiger charge is -2.30. The van der Waals surface area contributed by atoms with Gasteiger partial charge in [-0.05, 0) is 25.7 Å². The maximum atomic E-state index is 8.31. The third-order valence-corrected chi connectivity index (χ3v) is 4.50. The molecule has 0 saturated heterocycles. The monoisotopic (exact) mass is 302 g/mol. The fourth-order valence-corrected chi connectivity index (χ4v) is 3.20. The highest BCUT2D eigenvalue weighted by Gasteiger charge is 2.19. The molecular weight excluding hydrogens is 268 g/mol. The van der Waals surface area contributed by atoms with Gasteiger partial charge in [0.05, 0.1) is 20.1 Å². The van der Waals surface area contributed by atoms with Crippen LogP contribution < -0.4 is 5.32 Å². The Labute approximate surface area is 129 Å². The normalized spacial score (nSPS) is 21.1. The second-order valence-corrected chi connectivity index (χ2v) is 6.24. The molecule has 0 aromatic rings. The van der Waals surface area contributed by atoms with E-state index >= 15 is 0 Å². The Balaban J connectivity index is 0.000000240. The summed E-state index contributed by atoms with van der Waals surface area (Å²) in [5, 5.41) is 28.7. The molecule has 0 atom stereocenters. The lowest BCUT2D eigenvalue weighted by molar-refractivity contribution is 0.0184. The van der Waals surface area contributed by atoms with Gasteiger partial charge in [0.15, 0.2) is 0 Å². The van der Waals surface area contributed by atoms with E-state index in [-0.39, 0.29) is 20.1 Å². The predicted octanol–water partition coefficient (Wildman–Crippen LogP) is 1.42. The van der Waals surface area contributed by atoms with Crippen LogP contribution in [-0.4, -0.2) is 58.9 Å². The van der Waals surface area contributed by atoms with Crippen molar-refractivity contribution in [3.8, 4) is 0 Å². The Morgan fingerprint density at radius 2 is 1.14 bits per heavy atom. The molecule has 2 aliphatic carbocycles. The zero-order valence-electron chi connectivity index (χ0n) is 13.3. The number of aliphatic hydroxyl groups is 3. The molecule has 2 fully saturated rings. The van der Waals surface area contributed by atoms with Crippen LogP contribution in [0, 0.1) is 0 Å².